The van der Waals surface area contributed by atoms with Crippen LogP contribution in [-0.2, 0) is 17.5 Å². The van der Waals surface area contributed by atoms with Crippen molar-refractivity contribution in [2.75, 3.05) is 18.5 Å². The monoisotopic (exact) mass is 517 g/mol. The molecule has 10 heteroatoms. The topological polar surface area (TPSA) is 71.1 Å². The summed E-state index contributed by atoms with van der Waals surface area (Å²) in [4.78, 5) is 9.37. The Labute approximate surface area is 212 Å². The Morgan fingerprint density at radius 3 is 2.58 bits per heavy atom. The van der Waals surface area contributed by atoms with Crippen molar-refractivity contribution < 1.29 is 17.9 Å². The van der Waals surface area contributed by atoms with Gasteiger partial charge in [-0.3, -0.25) is 0 Å². The predicted molar refractivity (Wildman–Crippen MR) is 136 cm³/mol. The molecule has 4 rings (SSSR count). The summed E-state index contributed by atoms with van der Waals surface area (Å²) in [6, 6.07) is 10.4. The maximum atomic E-state index is 13.0. The van der Waals surface area contributed by atoms with Crippen molar-refractivity contribution in [3.63, 3.8) is 0 Å². The van der Waals surface area contributed by atoms with Crippen molar-refractivity contribution in [1.82, 2.24) is 20.6 Å². The van der Waals surface area contributed by atoms with Crippen LogP contribution in [0.3, 0.4) is 0 Å². The van der Waals surface area contributed by atoms with Crippen molar-refractivity contribution >= 4 is 34.0 Å². The Bertz CT molecular complexity index is 1260. The summed E-state index contributed by atoms with van der Waals surface area (Å²) in [7, 11) is 0. The Kier molecular flexibility index (Phi) is 8.13. The normalized spacial score (nSPS) is 15.8. The van der Waals surface area contributed by atoms with E-state index in [2.05, 4.69) is 20.9 Å². The van der Waals surface area contributed by atoms with Crippen LogP contribution in [0.15, 0.2) is 65.8 Å². The fourth-order valence-electron chi connectivity index (χ4n) is 3.72. The van der Waals surface area contributed by atoms with Gasteiger partial charge in [0, 0.05) is 22.7 Å². The molecule has 2 heterocycles. The highest BCUT2D eigenvalue weighted by Gasteiger charge is 2.30. The first kappa shape index (κ1) is 25.9. The van der Waals surface area contributed by atoms with Crippen molar-refractivity contribution in [3.05, 3.63) is 82.8 Å². The number of rotatable bonds is 9. The summed E-state index contributed by atoms with van der Waals surface area (Å²) in [6.45, 7) is 5.52. The number of dihydropyridines is 1. The number of aromatic nitrogens is 2. The maximum Gasteiger partial charge on any atom is 0.416 e. The minimum absolute atomic E-state index is 0.144. The third-order valence-electron chi connectivity index (χ3n) is 5.48. The molecule has 0 saturated carbocycles. The molecule has 0 saturated heterocycles. The lowest BCUT2D eigenvalue weighted by atomic mass is 10.0. The van der Waals surface area contributed by atoms with E-state index < -0.39 is 11.7 Å². The van der Waals surface area contributed by atoms with Crippen LogP contribution >= 0.6 is 11.6 Å². The molecule has 0 radical (unpaired) electrons. The Morgan fingerprint density at radius 2 is 1.89 bits per heavy atom. The molecule has 1 atom stereocenters. The second kappa shape index (κ2) is 11.3. The molecule has 3 N–H and O–H groups in total. The van der Waals surface area contributed by atoms with Gasteiger partial charge < -0.3 is 20.7 Å². The van der Waals surface area contributed by atoms with E-state index in [-0.39, 0.29) is 12.1 Å². The molecule has 3 aromatic rings. The number of ether oxygens (including phenoxy) is 1. The second-order valence-corrected chi connectivity index (χ2v) is 9.01. The van der Waals surface area contributed by atoms with E-state index in [1.165, 1.54) is 12.1 Å². The van der Waals surface area contributed by atoms with Crippen LogP contribution in [0.4, 0.5) is 24.7 Å². The highest BCUT2D eigenvalue weighted by atomic mass is 35.5. The van der Waals surface area contributed by atoms with Gasteiger partial charge in [0.2, 0.25) is 0 Å². The van der Waals surface area contributed by atoms with Crippen molar-refractivity contribution in [2.24, 2.45) is 0 Å². The van der Waals surface area contributed by atoms with Crippen LogP contribution in [0.2, 0.25) is 0 Å². The van der Waals surface area contributed by atoms with Crippen molar-refractivity contribution in [3.8, 4) is 0 Å². The van der Waals surface area contributed by atoms with E-state index in [9.17, 15) is 13.2 Å². The minimum atomic E-state index is -4.40. The van der Waals surface area contributed by atoms with Gasteiger partial charge in [-0.25, -0.2) is 9.97 Å². The number of hydrogen-bond acceptors (Lipinski definition) is 6. The van der Waals surface area contributed by atoms with Gasteiger partial charge in [0.25, 0.3) is 0 Å². The highest BCUT2D eigenvalue weighted by molar-refractivity contribution is 6.30. The van der Waals surface area contributed by atoms with Gasteiger partial charge in [0.15, 0.2) is 0 Å². The number of fused-ring (bicyclic) bond motifs is 1. The zero-order valence-electron chi connectivity index (χ0n) is 19.9. The zero-order chi connectivity index (χ0) is 25.7. The Hall–Kier alpha value is -3.14. The summed E-state index contributed by atoms with van der Waals surface area (Å²) in [5.74, 6) is 1.04. The van der Waals surface area contributed by atoms with Crippen LogP contribution in [0, 0.1) is 0 Å². The lowest BCUT2D eigenvalue weighted by molar-refractivity contribution is -0.137. The molecule has 2 aromatic carbocycles. The molecule has 0 amide bonds. The van der Waals surface area contributed by atoms with Crippen molar-refractivity contribution in [2.45, 2.75) is 38.7 Å². The van der Waals surface area contributed by atoms with Crippen LogP contribution in [-0.4, -0.2) is 29.2 Å². The molecular formula is C26H27ClF3N5O. The van der Waals surface area contributed by atoms with E-state index in [0.29, 0.717) is 47.6 Å². The molecular weight excluding hydrogens is 491 g/mol. The first-order valence-corrected chi connectivity index (χ1v) is 11.9. The third kappa shape index (κ3) is 6.54. The van der Waals surface area contributed by atoms with E-state index in [0.717, 1.165) is 23.1 Å². The van der Waals surface area contributed by atoms with Crippen molar-refractivity contribution in [1.29, 1.82) is 0 Å². The fourth-order valence-corrected chi connectivity index (χ4v) is 3.98. The number of anilines is 2. The average Bonchev–Trinajstić information content (AvgIpc) is 2.83. The lowest BCUT2D eigenvalue weighted by Crippen LogP contribution is -2.22. The Morgan fingerprint density at radius 1 is 1.11 bits per heavy atom. The molecule has 36 heavy (non-hydrogen) atoms. The molecule has 0 fully saturated rings. The summed E-state index contributed by atoms with van der Waals surface area (Å²) in [5.41, 5.74) is 1.39. The first-order chi connectivity index (χ1) is 17.2. The molecule has 1 aromatic heterocycles. The summed E-state index contributed by atoms with van der Waals surface area (Å²) in [6.07, 6.45) is 1.24. The third-order valence-corrected chi connectivity index (χ3v) is 5.82. The molecule has 0 spiro atoms. The van der Waals surface area contributed by atoms with Gasteiger partial charge in [0.1, 0.15) is 11.6 Å². The van der Waals surface area contributed by atoms with Gasteiger partial charge >= 0.3 is 6.18 Å². The average molecular weight is 518 g/mol. The lowest BCUT2D eigenvalue weighted by Gasteiger charge is -2.20. The molecule has 0 aliphatic carbocycles. The summed E-state index contributed by atoms with van der Waals surface area (Å²) < 4.78 is 44.4. The zero-order valence-corrected chi connectivity index (χ0v) is 20.6. The van der Waals surface area contributed by atoms with E-state index in [4.69, 9.17) is 21.3 Å². The van der Waals surface area contributed by atoms with Crippen LogP contribution in [0.1, 0.15) is 36.8 Å². The van der Waals surface area contributed by atoms with Crippen LogP contribution in [0.25, 0.3) is 10.9 Å². The van der Waals surface area contributed by atoms with Gasteiger partial charge in [-0.1, -0.05) is 17.7 Å². The summed E-state index contributed by atoms with van der Waals surface area (Å²) >= 11 is 6.40. The van der Waals surface area contributed by atoms with Gasteiger partial charge in [-0.15, -0.1) is 0 Å². The number of halogens is 4. The minimum Gasteiger partial charge on any atom is -0.379 e. The first-order valence-electron chi connectivity index (χ1n) is 11.6. The largest absolute Gasteiger partial charge is 0.416 e. The molecule has 1 aliphatic heterocycles. The number of allylic oxidation sites excluding steroid dienone is 2. The fraction of sp³-hybridized carbons (Fsp3) is 0.308. The number of alkyl halides is 3. The maximum absolute atomic E-state index is 13.0. The SMILES string of the molecule is CC(C)OCCNCc1nc(Nc2ccc(C(F)(F)F)cc2)c2ccc(C3NC=CC=C3Cl)cc2n1. The van der Waals surface area contributed by atoms with Crippen LogP contribution in [0.5, 0.6) is 0 Å². The molecule has 190 valence electrons. The molecule has 0 bridgehead atoms. The Balaban J connectivity index is 1.63. The summed E-state index contributed by atoms with van der Waals surface area (Å²) in [5, 5.41) is 11.0. The number of hydrogen-bond donors (Lipinski definition) is 3. The number of nitrogens with one attached hydrogen (secondary N) is 3. The van der Waals surface area contributed by atoms with Gasteiger partial charge in [0.05, 0.1) is 36.4 Å². The highest BCUT2D eigenvalue weighted by Crippen LogP contribution is 2.33. The number of nitrogens with zero attached hydrogens (tertiary/aromatic N) is 2. The van der Waals surface area contributed by atoms with Gasteiger partial charge in [-0.05, 0) is 74.2 Å². The quantitative estimate of drug-likeness (QED) is 0.294. The molecule has 1 unspecified atom stereocenters. The van der Waals surface area contributed by atoms with Crippen LogP contribution < -0.4 is 16.0 Å². The van der Waals surface area contributed by atoms with E-state index >= 15 is 0 Å². The second-order valence-electron chi connectivity index (χ2n) is 8.57. The molecule has 6 nitrogen and oxygen atoms in total. The van der Waals surface area contributed by atoms with E-state index in [1.807, 2.05) is 50.4 Å². The standard InChI is InChI=1S/C26H27ClF3N5O/c1-16(2)36-13-12-31-15-23-34-22-14-17(24-21(27)4-3-11-32-24)5-10-20(22)25(35-23)33-19-8-6-18(7-9-19)26(28,29)30/h3-11,14,16,24,31-32H,12-13,15H2,1-2H3,(H,33,34,35). The smallest absolute Gasteiger partial charge is 0.379 e. The van der Waals surface area contributed by atoms with Gasteiger partial charge in [-0.2, -0.15) is 13.2 Å². The number of benzene rings is 2. The molecule has 1 aliphatic rings. The predicted octanol–water partition coefficient (Wildman–Crippen LogP) is 6.19. The van der Waals surface area contributed by atoms with E-state index in [1.54, 1.807) is 0 Å².